The molecule has 2 heteroatoms. The third-order valence-electron chi connectivity index (χ3n) is 3.81. The van der Waals surface area contributed by atoms with E-state index >= 15 is 0 Å². The predicted molar refractivity (Wildman–Crippen MR) is 85.3 cm³/mol. The average Bonchev–Trinajstić information content (AvgIpc) is 2.42. The topological polar surface area (TPSA) is 26.0 Å². The summed E-state index contributed by atoms with van der Waals surface area (Å²) in [5.74, 6) is 0. The highest BCUT2D eigenvalue weighted by Gasteiger charge is 2.28. The minimum atomic E-state index is -0.0334. The first-order valence-corrected chi connectivity index (χ1v) is 7.35. The molecule has 0 aromatic heterocycles. The van der Waals surface area contributed by atoms with Gasteiger partial charge in [0.2, 0.25) is 0 Å². The lowest BCUT2D eigenvalue weighted by atomic mass is 9.76. The summed E-state index contributed by atoms with van der Waals surface area (Å²) in [7, 11) is 0. The number of hydrogen-bond acceptors (Lipinski definition) is 1. The summed E-state index contributed by atoms with van der Waals surface area (Å²) in [6.07, 6.45) is 0.884. The normalized spacial score (nSPS) is 13.3. The van der Waals surface area contributed by atoms with Gasteiger partial charge >= 0.3 is 0 Å². The first-order valence-electron chi connectivity index (χ1n) is 6.55. The molecule has 0 saturated carbocycles. The number of halogens is 1. The van der Waals surface area contributed by atoms with Crippen LogP contribution < -0.4 is 5.73 Å². The zero-order valence-electron chi connectivity index (χ0n) is 11.4. The highest BCUT2D eigenvalue weighted by Crippen LogP contribution is 2.28. The third-order valence-corrected chi connectivity index (χ3v) is 4.34. The van der Waals surface area contributed by atoms with E-state index in [1.165, 1.54) is 11.1 Å². The van der Waals surface area contributed by atoms with E-state index in [9.17, 15) is 0 Å². The van der Waals surface area contributed by atoms with Crippen molar-refractivity contribution >= 4 is 15.9 Å². The Bertz CT molecular complexity index is 517. The number of hydrogen-bond donors (Lipinski definition) is 1. The maximum Gasteiger partial charge on any atom is 0.0175 e. The van der Waals surface area contributed by atoms with Crippen LogP contribution in [0, 0.1) is 0 Å². The summed E-state index contributed by atoms with van der Waals surface area (Å²) in [5.41, 5.74) is 8.98. The highest BCUT2D eigenvalue weighted by atomic mass is 79.9. The third kappa shape index (κ3) is 3.46. The van der Waals surface area contributed by atoms with Crippen molar-refractivity contribution in [3.63, 3.8) is 0 Å². The minimum Gasteiger partial charge on any atom is -0.327 e. The fourth-order valence-corrected chi connectivity index (χ4v) is 2.48. The molecule has 0 aliphatic carbocycles. The van der Waals surface area contributed by atoms with Crippen molar-refractivity contribution in [1.29, 1.82) is 0 Å². The summed E-state index contributed by atoms with van der Waals surface area (Å²) in [6, 6.07) is 19.0. The second-order valence-corrected chi connectivity index (χ2v) is 6.44. The molecule has 2 aromatic rings. The molecule has 0 aliphatic heterocycles. The van der Waals surface area contributed by atoms with Gasteiger partial charge in [-0.2, -0.15) is 0 Å². The zero-order chi connectivity index (χ0) is 13.9. The Morgan fingerprint density at radius 2 is 1.58 bits per heavy atom. The molecule has 19 heavy (non-hydrogen) atoms. The van der Waals surface area contributed by atoms with Crippen LogP contribution in [0.2, 0.25) is 0 Å². The molecule has 2 rings (SSSR count). The van der Waals surface area contributed by atoms with Gasteiger partial charge in [0, 0.05) is 15.9 Å². The highest BCUT2D eigenvalue weighted by molar-refractivity contribution is 9.10. The molecule has 0 bridgehead atoms. The second kappa shape index (κ2) is 5.89. The van der Waals surface area contributed by atoms with Crippen molar-refractivity contribution in [2.75, 3.05) is 0 Å². The fraction of sp³-hybridized carbons (Fsp3) is 0.294. The number of rotatable bonds is 4. The summed E-state index contributed by atoms with van der Waals surface area (Å²) in [4.78, 5) is 0. The molecule has 2 aromatic carbocycles. The second-order valence-electron chi connectivity index (χ2n) is 5.52. The molecular weight excluding hydrogens is 298 g/mol. The first kappa shape index (κ1) is 14.3. The Morgan fingerprint density at radius 3 is 2.16 bits per heavy atom. The van der Waals surface area contributed by atoms with Crippen molar-refractivity contribution in [3.05, 3.63) is 70.2 Å². The Morgan fingerprint density at radius 1 is 1.00 bits per heavy atom. The van der Waals surface area contributed by atoms with Gasteiger partial charge in [0.25, 0.3) is 0 Å². The Hall–Kier alpha value is -1.12. The molecule has 0 heterocycles. The Balaban J connectivity index is 2.15. The van der Waals surface area contributed by atoms with E-state index in [1.54, 1.807) is 0 Å². The van der Waals surface area contributed by atoms with Crippen LogP contribution in [-0.4, -0.2) is 6.04 Å². The predicted octanol–water partition coefficient (Wildman–Crippen LogP) is 4.30. The summed E-state index contributed by atoms with van der Waals surface area (Å²) < 4.78 is 1.10. The van der Waals surface area contributed by atoms with Crippen LogP contribution >= 0.6 is 15.9 Å². The maximum absolute atomic E-state index is 6.44. The zero-order valence-corrected chi connectivity index (χ0v) is 13.0. The van der Waals surface area contributed by atoms with Crippen LogP contribution in [-0.2, 0) is 11.8 Å². The molecule has 1 unspecified atom stereocenters. The van der Waals surface area contributed by atoms with E-state index in [0.717, 1.165) is 10.9 Å². The molecule has 0 fully saturated rings. The van der Waals surface area contributed by atoms with Crippen LogP contribution in [0.4, 0.5) is 0 Å². The van der Waals surface area contributed by atoms with Crippen molar-refractivity contribution in [3.8, 4) is 0 Å². The molecule has 100 valence electrons. The lowest BCUT2D eigenvalue weighted by Crippen LogP contribution is -2.42. The van der Waals surface area contributed by atoms with E-state index in [0.29, 0.717) is 0 Å². The van der Waals surface area contributed by atoms with Crippen LogP contribution in [0.3, 0.4) is 0 Å². The van der Waals surface area contributed by atoms with Gasteiger partial charge in [-0.1, -0.05) is 72.2 Å². The van der Waals surface area contributed by atoms with Crippen molar-refractivity contribution in [2.24, 2.45) is 5.73 Å². The van der Waals surface area contributed by atoms with Crippen LogP contribution in [0.25, 0.3) is 0 Å². The van der Waals surface area contributed by atoms with Gasteiger partial charge in [-0.3, -0.25) is 0 Å². The quantitative estimate of drug-likeness (QED) is 0.894. The van der Waals surface area contributed by atoms with E-state index in [1.807, 2.05) is 6.07 Å². The van der Waals surface area contributed by atoms with Gasteiger partial charge in [-0.25, -0.2) is 0 Å². The fourth-order valence-electron chi connectivity index (χ4n) is 2.21. The monoisotopic (exact) mass is 317 g/mol. The number of benzene rings is 2. The van der Waals surface area contributed by atoms with Gasteiger partial charge in [0.1, 0.15) is 0 Å². The smallest absolute Gasteiger partial charge is 0.0175 e. The average molecular weight is 318 g/mol. The largest absolute Gasteiger partial charge is 0.327 e. The van der Waals surface area contributed by atoms with Gasteiger partial charge in [0.15, 0.2) is 0 Å². The summed E-state index contributed by atoms with van der Waals surface area (Å²) >= 11 is 3.46. The molecule has 1 atom stereocenters. The maximum atomic E-state index is 6.44. The molecule has 0 radical (unpaired) electrons. The molecule has 0 spiro atoms. The Kier molecular flexibility index (Phi) is 4.43. The lowest BCUT2D eigenvalue weighted by Gasteiger charge is -2.32. The first-order chi connectivity index (χ1) is 9.00. The van der Waals surface area contributed by atoms with E-state index in [-0.39, 0.29) is 11.5 Å². The van der Waals surface area contributed by atoms with Gasteiger partial charge in [-0.15, -0.1) is 0 Å². The van der Waals surface area contributed by atoms with Crippen LogP contribution in [0.15, 0.2) is 59.1 Å². The molecular formula is C17H20BrN. The van der Waals surface area contributed by atoms with Gasteiger partial charge in [-0.05, 0) is 29.7 Å². The molecule has 2 N–H and O–H groups in total. The summed E-state index contributed by atoms with van der Waals surface area (Å²) in [5, 5.41) is 0. The van der Waals surface area contributed by atoms with Gasteiger partial charge in [0.05, 0.1) is 0 Å². The SMILES string of the molecule is CC(C)(c1ccccc1)C(N)Cc1ccc(Br)cc1. The summed E-state index contributed by atoms with van der Waals surface area (Å²) in [6.45, 7) is 4.43. The Labute approximate surface area is 124 Å². The van der Waals surface area contributed by atoms with Crippen molar-refractivity contribution in [2.45, 2.75) is 31.7 Å². The molecule has 0 saturated heterocycles. The molecule has 1 nitrogen and oxygen atoms in total. The lowest BCUT2D eigenvalue weighted by molar-refractivity contribution is 0.406. The van der Waals surface area contributed by atoms with Gasteiger partial charge < -0.3 is 5.73 Å². The minimum absolute atomic E-state index is 0.0334. The standard InChI is InChI=1S/C17H20BrN/c1-17(2,14-6-4-3-5-7-14)16(19)12-13-8-10-15(18)11-9-13/h3-11,16H,12,19H2,1-2H3. The van der Waals surface area contributed by atoms with E-state index < -0.39 is 0 Å². The van der Waals surface area contributed by atoms with Crippen molar-refractivity contribution < 1.29 is 0 Å². The van der Waals surface area contributed by atoms with Crippen LogP contribution in [0.5, 0.6) is 0 Å². The van der Waals surface area contributed by atoms with E-state index in [2.05, 4.69) is 78.3 Å². The number of nitrogens with two attached hydrogens (primary N) is 1. The van der Waals surface area contributed by atoms with Crippen molar-refractivity contribution in [1.82, 2.24) is 0 Å². The molecule has 0 amide bonds. The van der Waals surface area contributed by atoms with E-state index in [4.69, 9.17) is 5.73 Å². The molecule has 0 aliphatic rings. The van der Waals surface area contributed by atoms with Crippen LogP contribution in [0.1, 0.15) is 25.0 Å².